The molecule has 2 nitrogen and oxygen atoms in total. The quantitative estimate of drug-likeness (QED) is 0.322. The van der Waals surface area contributed by atoms with Gasteiger partial charge in [-0.05, 0) is 0 Å². The first-order chi connectivity index (χ1) is 0. The molecule has 0 aliphatic carbocycles. The second-order valence-electron chi connectivity index (χ2n) is 0. The van der Waals surface area contributed by atoms with Crippen LogP contribution in [-0.4, -0.2) is 11.0 Å². The molecule has 0 aromatic carbocycles. The molecule has 0 heterocycles. The van der Waals surface area contributed by atoms with E-state index in [2.05, 4.69) is 0 Å². The molecule has 0 aromatic rings. The van der Waals surface area contributed by atoms with Gasteiger partial charge >= 0.3 is 123 Å². The second-order valence-corrected chi connectivity index (χ2v) is 0. The molecule has 0 fully saturated rings. The van der Waals surface area contributed by atoms with Gasteiger partial charge < -0.3 is 40.7 Å². The van der Waals surface area contributed by atoms with Crippen LogP contribution in [0.5, 0.6) is 0 Å². The van der Waals surface area contributed by atoms with Crippen LogP contribution in [0.3, 0.4) is 0 Å². The van der Waals surface area contributed by atoms with Crippen molar-refractivity contribution in [1.29, 1.82) is 0 Å². The first-order valence-corrected chi connectivity index (χ1v) is 0. The van der Waals surface area contributed by atoms with Gasteiger partial charge in [0.25, 0.3) is 0 Å². The topological polar surface area (TPSA) is 60.0 Å². The zero-order valence-electron chi connectivity index (χ0n) is 7.25. The van der Waals surface area contributed by atoms with Crippen molar-refractivity contribution in [3.8, 4) is 0 Å². The predicted molar refractivity (Wildman–Crippen MR) is 29.5 cm³/mol. The molecule has 0 spiro atoms. The second kappa shape index (κ2) is 94.6. The molecular formula is C4H14K2O2Os. The summed E-state index contributed by atoms with van der Waals surface area (Å²) in [4.78, 5) is 0. The van der Waals surface area contributed by atoms with Crippen molar-refractivity contribution in [3.63, 3.8) is 0 Å². The van der Waals surface area contributed by atoms with Gasteiger partial charge in [0.15, 0.2) is 0 Å². The van der Waals surface area contributed by atoms with E-state index >= 15 is 0 Å². The predicted octanol–water partition coefficient (Wildman–Crippen LogP) is -4.55. The van der Waals surface area contributed by atoms with Gasteiger partial charge in [0.1, 0.15) is 0 Å². The first-order valence-electron chi connectivity index (χ1n) is 0. The van der Waals surface area contributed by atoms with Crippen molar-refractivity contribution in [2.75, 3.05) is 0 Å². The Hall–Kier alpha value is 3.83. The van der Waals surface area contributed by atoms with Crippen molar-refractivity contribution in [3.05, 3.63) is 29.7 Å². The van der Waals surface area contributed by atoms with Crippen LogP contribution in [0.2, 0.25) is 0 Å². The molecule has 52 valence electrons. The molecule has 9 heavy (non-hydrogen) atoms. The van der Waals surface area contributed by atoms with Gasteiger partial charge in [0, 0.05) is 0 Å². The Morgan fingerprint density at radius 3 is 0.444 bits per heavy atom. The van der Waals surface area contributed by atoms with Gasteiger partial charge in [-0.1, -0.05) is 0 Å². The fraction of sp³-hybridized carbons (Fsp3) is 0. The minimum absolute atomic E-state index is 0. The van der Waals surface area contributed by atoms with Crippen LogP contribution in [-0.2, 0) is 19.8 Å². The van der Waals surface area contributed by atoms with Crippen LogP contribution in [0.1, 0.15) is 0 Å². The standard InChI is InChI=1S/4CH3.2K.2H2O.Os/h4*1H3;;;2*1H2;/q4*-1;2*+1;;;+4/p-2. The molecule has 0 unspecified atom stereocenters. The Balaban J connectivity index is 0. The SMILES string of the molecule is [CH3-].[CH3-].[CH3-].[CH3-].[K+].[K+].[OH-].[OH-].[Os+4]. The minimum atomic E-state index is 0. The number of hydrogen-bond donors (Lipinski definition) is 0. The Labute approximate surface area is 159 Å². The maximum Gasteiger partial charge on any atom is 4.00 e. The van der Waals surface area contributed by atoms with E-state index in [-0.39, 0.29) is 163 Å². The maximum absolute atomic E-state index is 0. The molecule has 0 saturated heterocycles. The molecule has 0 radical (unpaired) electrons. The molecule has 0 bridgehead atoms. The molecule has 0 aliphatic rings. The van der Waals surface area contributed by atoms with Crippen molar-refractivity contribution >= 4 is 0 Å². The van der Waals surface area contributed by atoms with Crippen LogP contribution < -0.4 is 103 Å². The first kappa shape index (κ1) is 122. The average Bonchev–Trinajstić information content (AvgIpc) is 0. The molecule has 0 atom stereocenters. The molecule has 0 aliphatic heterocycles. The molecular weight excluding hydrogens is 348 g/mol. The summed E-state index contributed by atoms with van der Waals surface area (Å²) in [5.74, 6) is 0. The van der Waals surface area contributed by atoms with E-state index in [1.165, 1.54) is 0 Å². The van der Waals surface area contributed by atoms with Crippen LogP contribution in [0.15, 0.2) is 0 Å². The normalized spacial score (nSPS) is 0. The van der Waals surface area contributed by atoms with Crippen LogP contribution in [0.25, 0.3) is 0 Å². The van der Waals surface area contributed by atoms with Gasteiger partial charge in [-0.25, -0.2) is 0 Å². The summed E-state index contributed by atoms with van der Waals surface area (Å²) < 4.78 is 0. The maximum atomic E-state index is 0. The zero-order valence-corrected chi connectivity index (χ0v) is 16.0. The smallest absolute Gasteiger partial charge is 0.870 e. The molecule has 2 N–H and O–H groups in total. The molecule has 0 saturated carbocycles. The number of hydrogen-bond acceptors (Lipinski definition) is 2. The van der Waals surface area contributed by atoms with E-state index in [1.807, 2.05) is 0 Å². The summed E-state index contributed by atoms with van der Waals surface area (Å²) in [6.07, 6.45) is 0. The van der Waals surface area contributed by atoms with Crippen molar-refractivity contribution < 1.29 is 134 Å². The molecule has 0 aromatic heterocycles. The summed E-state index contributed by atoms with van der Waals surface area (Å²) in [7, 11) is 0. The van der Waals surface area contributed by atoms with Gasteiger partial charge in [0.2, 0.25) is 0 Å². The van der Waals surface area contributed by atoms with Gasteiger partial charge in [-0.3, -0.25) is 0 Å². The van der Waals surface area contributed by atoms with Crippen molar-refractivity contribution in [2.24, 2.45) is 0 Å². The van der Waals surface area contributed by atoms with E-state index < -0.39 is 0 Å². The monoisotopic (exact) mass is 364 g/mol. The van der Waals surface area contributed by atoms with Crippen molar-refractivity contribution in [1.82, 2.24) is 0 Å². The summed E-state index contributed by atoms with van der Waals surface area (Å²) in [6.45, 7) is 0. The van der Waals surface area contributed by atoms with Crippen LogP contribution in [0, 0.1) is 29.7 Å². The Morgan fingerprint density at radius 1 is 0.444 bits per heavy atom. The summed E-state index contributed by atoms with van der Waals surface area (Å²) >= 11 is 0. The van der Waals surface area contributed by atoms with Crippen LogP contribution in [0.4, 0.5) is 0 Å². The van der Waals surface area contributed by atoms with E-state index in [4.69, 9.17) is 0 Å². The molecule has 5 heteroatoms. The Kier molecular flexibility index (Phi) is 1290. The summed E-state index contributed by atoms with van der Waals surface area (Å²) in [5.41, 5.74) is 0. The Morgan fingerprint density at radius 2 is 0.444 bits per heavy atom. The number of rotatable bonds is 0. The molecule has 0 amide bonds. The third-order valence-electron chi connectivity index (χ3n) is 0. The largest absolute Gasteiger partial charge is 4.00 e. The van der Waals surface area contributed by atoms with E-state index in [1.54, 1.807) is 0 Å². The van der Waals surface area contributed by atoms with Gasteiger partial charge in [0.05, 0.1) is 0 Å². The fourth-order valence-corrected chi connectivity index (χ4v) is 0. The van der Waals surface area contributed by atoms with E-state index in [0.29, 0.717) is 0 Å². The van der Waals surface area contributed by atoms with Crippen molar-refractivity contribution in [2.45, 2.75) is 0 Å². The van der Waals surface area contributed by atoms with Crippen LogP contribution >= 0.6 is 0 Å². The third kappa shape index (κ3) is 77.9. The average molecular weight is 363 g/mol. The van der Waals surface area contributed by atoms with Gasteiger partial charge in [-0.2, -0.15) is 0 Å². The van der Waals surface area contributed by atoms with Gasteiger partial charge in [-0.15, -0.1) is 0 Å². The van der Waals surface area contributed by atoms with E-state index in [9.17, 15) is 0 Å². The fourth-order valence-electron chi connectivity index (χ4n) is 0. The third-order valence-corrected chi connectivity index (χ3v) is 0. The Bertz CT molecular complexity index is 16.5. The summed E-state index contributed by atoms with van der Waals surface area (Å²) in [6, 6.07) is 0. The molecule has 0 rings (SSSR count). The zero-order chi connectivity index (χ0) is 0. The van der Waals surface area contributed by atoms with E-state index in [0.717, 1.165) is 0 Å². The summed E-state index contributed by atoms with van der Waals surface area (Å²) in [5, 5.41) is 0. The minimum Gasteiger partial charge on any atom is -0.870 e.